The molecule has 0 aliphatic rings. The monoisotopic (exact) mass is 285 g/mol. The van der Waals surface area contributed by atoms with Crippen LogP contribution in [0.25, 0.3) is 16.6 Å². The summed E-state index contributed by atoms with van der Waals surface area (Å²) >= 11 is 3.53. The Morgan fingerprint density at radius 2 is 1.71 bits per heavy atom. The number of hydrogen-bond donors (Lipinski definition) is 0. The van der Waals surface area contributed by atoms with Crippen LogP contribution >= 0.6 is 15.9 Å². The van der Waals surface area contributed by atoms with E-state index in [-0.39, 0.29) is 0 Å². The lowest BCUT2D eigenvalue weighted by molar-refractivity contribution is 1.13. The van der Waals surface area contributed by atoms with E-state index in [1.165, 1.54) is 22.2 Å². The number of fused-ring (bicyclic) bond motifs is 1. The molecule has 0 amide bonds. The molecular formula is C15H12BrN. The molecule has 2 aromatic carbocycles. The Bertz CT molecular complexity index is 640. The van der Waals surface area contributed by atoms with E-state index in [4.69, 9.17) is 0 Å². The van der Waals surface area contributed by atoms with Crippen molar-refractivity contribution in [3.8, 4) is 5.69 Å². The van der Waals surface area contributed by atoms with E-state index >= 15 is 0 Å². The highest BCUT2D eigenvalue weighted by Crippen LogP contribution is 2.24. The fraction of sp³-hybridized carbons (Fsp3) is 0.0667. The van der Waals surface area contributed by atoms with Crippen LogP contribution in [-0.2, 0) is 5.33 Å². The van der Waals surface area contributed by atoms with Crippen LogP contribution < -0.4 is 0 Å². The van der Waals surface area contributed by atoms with Gasteiger partial charge in [-0.25, -0.2) is 0 Å². The van der Waals surface area contributed by atoms with Gasteiger partial charge in [0.2, 0.25) is 0 Å². The molecule has 17 heavy (non-hydrogen) atoms. The van der Waals surface area contributed by atoms with Crippen LogP contribution in [0, 0.1) is 0 Å². The average Bonchev–Trinajstić information content (AvgIpc) is 2.83. The Morgan fingerprint density at radius 3 is 2.47 bits per heavy atom. The number of para-hydroxylation sites is 1. The van der Waals surface area contributed by atoms with Gasteiger partial charge in [0, 0.05) is 22.6 Å². The maximum atomic E-state index is 3.53. The summed E-state index contributed by atoms with van der Waals surface area (Å²) in [5.74, 6) is 0. The van der Waals surface area contributed by atoms with Crippen molar-refractivity contribution in [3.05, 3.63) is 66.4 Å². The Hall–Kier alpha value is -1.54. The van der Waals surface area contributed by atoms with Gasteiger partial charge in [0.05, 0.1) is 5.52 Å². The minimum Gasteiger partial charge on any atom is -0.317 e. The number of alkyl halides is 1. The topological polar surface area (TPSA) is 4.93 Å². The lowest BCUT2D eigenvalue weighted by Gasteiger charge is -2.05. The number of hydrogen-bond acceptors (Lipinski definition) is 0. The molecular weight excluding hydrogens is 274 g/mol. The number of benzene rings is 2. The summed E-state index contributed by atoms with van der Waals surface area (Å²) in [5.41, 5.74) is 3.79. The highest BCUT2D eigenvalue weighted by Gasteiger charge is 2.05. The minimum atomic E-state index is 0.892. The molecule has 0 radical (unpaired) electrons. The van der Waals surface area contributed by atoms with Crippen molar-refractivity contribution in [1.29, 1.82) is 0 Å². The predicted molar refractivity (Wildman–Crippen MR) is 75.9 cm³/mol. The summed E-state index contributed by atoms with van der Waals surface area (Å²) < 4.78 is 2.22. The van der Waals surface area contributed by atoms with E-state index in [0.29, 0.717) is 0 Å². The van der Waals surface area contributed by atoms with Gasteiger partial charge in [-0.2, -0.15) is 0 Å². The molecule has 0 saturated carbocycles. The highest BCUT2D eigenvalue weighted by molar-refractivity contribution is 9.08. The van der Waals surface area contributed by atoms with E-state index in [1.54, 1.807) is 0 Å². The summed E-state index contributed by atoms with van der Waals surface area (Å²) in [6, 6.07) is 19.0. The second kappa shape index (κ2) is 4.38. The van der Waals surface area contributed by atoms with Gasteiger partial charge in [0.15, 0.2) is 0 Å². The van der Waals surface area contributed by atoms with Crippen LogP contribution in [0.4, 0.5) is 0 Å². The fourth-order valence-electron chi connectivity index (χ4n) is 2.16. The Labute approximate surface area is 109 Å². The van der Waals surface area contributed by atoms with Crippen LogP contribution in [-0.4, -0.2) is 4.57 Å². The minimum absolute atomic E-state index is 0.892. The van der Waals surface area contributed by atoms with Crippen molar-refractivity contribution in [3.63, 3.8) is 0 Å². The third kappa shape index (κ3) is 1.79. The van der Waals surface area contributed by atoms with Crippen LogP contribution in [0.1, 0.15) is 5.56 Å². The van der Waals surface area contributed by atoms with Crippen molar-refractivity contribution >= 4 is 26.8 Å². The first-order chi connectivity index (χ1) is 8.40. The standard InChI is InChI=1S/C15H12BrN/c16-11-12-5-4-8-15-14(12)9-10-17(15)13-6-2-1-3-7-13/h1-10H,11H2. The molecule has 3 aromatic rings. The molecule has 2 heteroatoms. The Morgan fingerprint density at radius 1 is 0.882 bits per heavy atom. The lowest BCUT2D eigenvalue weighted by atomic mass is 10.1. The zero-order valence-corrected chi connectivity index (χ0v) is 10.9. The molecule has 0 atom stereocenters. The van der Waals surface area contributed by atoms with Crippen LogP contribution in [0.2, 0.25) is 0 Å². The maximum Gasteiger partial charge on any atom is 0.0531 e. The summed E-state index contributed by atoms with van der Waals surface area (Å²) in [5, 5.41) is 2.21. The summed E-state index contributed by atoms with van der Waals surface area (Å²) in [7, 11) is 0. The number of aromatic nitrogens is 1. The first-order valence-electron chi connectivity index (χ1n) is 5.60. The van der Waals surface area contributed by atoms with E-state index in [1.807, 2.05) is 6.07 Å². The quantitative estimate of drug-likeness (QED) is 0.610. The molecule has 84 valence electrons. The van der Waals surface area contributed by atoms with Crippen molar-refractivity contribution < 1.29 is 0 Å². The Balaban J connectivity index is 2.26. The van der Waals surface area contributed by atoms with Gasteiger partial charge < -0.3 is 4.57 Å². The fourth-order valence-corrected chi connectivity index (χ4v) is 2.65. The molecule has 0 fully saturated rings. The van der Waals surface area contributed by atoms with Crippen molar-refractivity contribution in [1.82, 2.24) is 4.57 Å². The van der Waals surface area contributed by atoms with Gasteiger partial charge >= 0.3 is 0 Å². The van der Waals surface area contributed by atoms with Crippen molar-refractivity contribution in [2.75, 3.05) is 0 Å². The molecule has 0 aliphatic heterocycles. The van der Waals surface area contributed by atoms with Crippen LogP contribution in [0.15, 0.2) is 60.8 Å². The first-order valence-corrected chi connectivity index (χ1v) is 6.72. The molecule has 0 unspecified atom stereocenters. The van der Waals surface area contributed by atoms with Crippen LogP contribution in [0.5, 0.6) is 0 Å². The van der Waals surface area contributed by atoms with Crippen molar-refractivity contribution in [2.24, 2.45) is 0 Å². The third-order valence-electron chi connectivity index (χ3n) is 3.00. The number of rotatable bonds is 2. The molecule has 1 heterocycles. The average molecular weight is 286 g/mol. The molecule has 0 spiro atoms. The maximum absolute atomic E-state index is 3.53. The second-order valence-corrected chi connectivity index (χ2v) is 4.57. The lowest BCUT2D eigenvalue weighted by Crippen LogP contribution is -1.91. The Kier molecular flexibility index (Phi) is 2.73. The largest absolute Gasteiger partial charge is 0.317 e. The summed E-state index contributed by atoms with van der Waals surface area (Å²) in [4.78, 5) is 0. The zero-order valence-electron chi connectivity index (χ0n) is 9.31. The predicted octanol–water partition coefficient (Wildman–Crippen LogP) is 4.53. The molecule has 1 aromatic heterocycles. The van der Waals surface area contributed by atoms with E-state index in [9.17, 15) is 0 Å². The van der Waals surface area contributed by atoms with Crippen molar-refractivity contribution in [2.45, 2.75) is 5.33 Å². The van der Waals surface area contributed by atoms with Gasteiger partial charge in [-0.1, -0.05) is 46.3 Å². The molecule has 1 nitrogen and oxygen atoms in total. The molecule has 0 aliphatic carbocycles. The summed E-state index contributed by atoms with van der Waals surface area (Å²) in [6.07, 6.45) is 2.13. The van der Waals surface area contributed by atoms with Gasteiger partial charge in [-0.3, -0.25) is 0 Å². The van der Waals surface area contributed by atoms with Gasteiger partial charge in [0.1, 0.15) is 0 Å². The van der Waals surface area contributed by atoms with E-state index in [2.05, 4.69) is 75.2 Å². The molecule has 0 saturated heterocycles. The molecule has 3 rings (SSSR count). The highest BCUT2D eigenvalue weighted by atomic mass is 79.9. The first kappa shape index (κ1) is 10.6. The van der Waals surface area contributed by atoms with Gasteiger partial charge in [0.25, 0.3) is 0 Å². The molecule has 0 N–H and O–H groups in total. The summed E-state index contributed by atoms with van der Waals surface area (Å²) in [6.45, 7) is 0. The van der Waals surface area contributed by atoms with E-state index in [0.717, 1.165) is 5.33 Å². The van der Waals surface area contributed by atoms with Gasteiger partial charge in [-0.05, 0) is 29.8 Å². The number of halogens is 1. The number of nitrogens with zero attached hydrogens (tertiary/aromatic N) is 1. The normalized spacial score (nSPS) is 10.9. The third-order valence-corrected chi connectivity index (χ3v) is 3.61. The SMILES string of the molecule is BrCc1cccc2c1ccn2-c1ccccc1. The second-order valence-electron chi connectivity index (χ2n) is 4.00. The van der Waals surface area contributed by atoms with E-state index < -0.39 is 0 Å². The van der Waals surface area contributed by atoms with Gasteiger partial charge in [-0.15, -0.1) is 0 Å². The molecule has 0 bridgehead atoms. The smallest absolute Gasteiger partial charge is 0.0531 e. The zero-order chi connectivity index (χ0) is 11.7. The van der Waals surface area contributed by atoms with Crippen LogP contribution in [0.3, 0.4) is 0 Å².